The number of nitrogens with one attached hydrogen (secondary N) is 1. The smallest absolute Gasteiger partial charge is 0.175 e. The first-order chi connectivity index (χ1) is 12.8. The second-order valence-corrected chi connectivity index (χ2v) is 9.18. The highest BCUT2D eigenvalue weighted by Crippen LogP contribution is 2.39. The molecule has 3 nitrogen and oxygen atoms in total. The third-order valence-electron chi connectivity index (χ3n) is 4.67. The molecule has 0 aliphatic carbocycles. The molecule has 0 radical (unpaired) electrons. The van der Waals surface area contributed by atoms with Crippen LogP contribution in [0.3, 0.4) is 0 Å². The van der Waals surface area contributed by atoms with Gasteiger partial charge in [-0.2, -0.15) is 0 Å². The highest BCUT2D eigenvalue weighted by atomic mass is 35.5. The van der Waals surface area contributed by atoms with E-state index in [1.807, 2.05) is 30.3 Å². The third-order valence-corrected chi connectivity index (χ3v) is 6.04. The predicted molar refractivity (Wildman–Crippen MR) is 112 cm³/mol. The van der Waals surface area contributed by atoms with Crippen LogP contribution < -0.4 is 0 Å². The van der Waals surface area contributed by atoms with Crippen LogP contribution in [0.1, 0.15) is 5.56 Å². The average molecular weight is 396 g/mol. The number of benzene rings is 3. The van der Waals surface area contributed by atoms with Crippen LogP contribution in [0.2, 0.25) is 5.02 Å². The van der Waals surface area contributed by atoms with Gasteiger partial charge in [0, 0.05) is 27.7 Å². The van der Waals surface area contributed by atoms with E-state index in [4.69, 9.17) is 11.6 Å². The van der Waals surface area contributed by atoms with Gasteiger partial charge in [0.25, 0.3) is 0 Å². The molecule has 0 atom stereocenters. The van der Waals surface area contributed by atoms with Crippen molar-refractivity contribution in [1.29, 1.82) is 0 Å². The fourth-order valence-corrected chi connectivity index (χ4v) is 4.07. The lowest BCUT2D eigenvalue weighted by molar-refractivity contribution is 0.602. The maximum Gasteiger partial charge on any atom is 0.175 e. The van der Waals surface area contributed by atoms with Crippen LogP contribution in [0.4, 0.5) is 0 Å². The molecule has 1 aromatic heterocycles. The van der Waals surface area contributed by atoms with Gasteiger partial charge in [0.05, 0.1) is 10.6 Å². The zero-order chi connectivity index (χ0) is 19.2. The van der Waals surface area contributed by atoms with Gasteiger partial charge in [-0.15, -0.1) is 0 Å². The molecular weight excluding hydrogens is 378 g/mol. The monoisotopic (exact) mass is 395 g/mol. The summed E-state index contributed by atoms with van der Waals surface area (Å²) in [7, 11) is -3.23. The summed E-state index contributed by atoms with van der Waals surface area (Å²) in [5, 5.41) is 1.66. The zero-order valence-electron chi connectivity index (χ0n) is 15.0. The van der Waals surface area contributed by atoms with Crippen LogP contribution in [-0.2, 0) is 9.84 Å². The maximum absolute atomic E-state index is 11.8. The van der Waals surface area contributed by atoms with E-state index in [1.54, 1.807) is 12.1 Å². The van der Waals surface area contributed by atoms with E-state index in [-0.39, 0.29) is 0 Å². The molecule has 0 unspecified atom stereocenters. The van der Waals surface area contributed by atoms with E-state index in [0.29, 0.717) is 9.92 Å². The Morgan fingerprint density at radius 1 is 0.852 bits per heavy atom. The molecule has 0 aliphatic rings. The molecule has 136 valence electrons. The van der Waals surface area contributed by atoms with Gasteiger partial charge in [-0.1, -0.05) is 53.6 Å². The lowest BCUT2D eigenvalue weighted by atomic mass is 9.98. The Balaban J connectivity index is 1.98. The molecule has 4 aromatic rings. The zero-order valence-corrected chi connectivity index (χ0v) is 16.5. The Bertz CT molecular complexity index is 1240. The van der Waals surface area contributed by atoms with Crippen molar-refractivity contribution in [3.8, 4) is 22.4 Å². The van der Waals surface area contributed by atoms with Crippen molar-refractivity contribution >= 4 is 32.3 Å². The Hall–Kier alpha value is -2.56. The number of aryl methyl sites for hydroxylation is 1. The summed E-state index contributed by atoms with van der Waals surface area (Å²) in [4.78, 5) is 3.80. The summed E-state index contributed by atoms with van der Waals surface area (Å²) >= 11 is 6.25. The molecule has 0 aliphatic heterocycles. The minimum absolute atomic E-state index is 0.306. The molecule has 4 rings (SSSR count). The van der Waals surface area contributed by atoms with Crippen molar-refractivity contribution in [3.05, 3.63) is 77.3 Å². The molecule has 3 aromatic carbocycles. The molecule has 0 amide bonds. The summed E-state index contributed by atoms with van der Waals surface area (Å²) in [5.41, 5.74) is 6.17. The van der Waals surface area contributed by atoms with Crippen LogP contribution >= 0.6 is 11.6 Å². The van der Waals surface area contributed by atoms with E-state index < -0.39 is 9.84 Å². The van der Waals surface area contributed by atoms with Crippen LogP contribution in [0.15, 0.2) is 71.6 Å². The Kier molecular flexibility index (Phi) is 4.33. The largest absolute Gasteiger partial charge is 0.354 e. The number of hydrogen-bond acceptors (Lipinski definition) is 2. The average Bonchev–Trinajstić information content (AvgIpc) is 3.00. The lowest BCUT2D eigenvalue weighted by Crippen LogP contribution is -1.96. The fraction of sp³-hybridized carbons (Fsp3) is 0.0909. The highest BCUT2D eigenvalue weighted by molar-refractivity contribution is 7.90. The van der Waals surface area contributed by atoms with Gasteiger partial charge in [0.15, 0.2) is 9.84 Å². The summed E-state index contributed by atoms with van der Waals surface area (Å²) in [6.07, 6.45) is 1.21. The van der Waals surface area contributed by atoms with Gasteiger partial charge in [-0.3, -0.25) is 0 Å². The van der Waals surface area contributed by atoms with Crippen molar-refractivity contribution in [1.82, 2.24) is 4.98 Å². The van der Waals surface area contributed by atoms with Crippen LogP contribution in [0.5, 0.6) is 0 Å². The number of halogens is 1. The Morgan fingerprint density at radius 2 is 1.48 bits per heavy atom. The van der Waals surface area contributed by atoms with Gasteiger partial charge in [-0.25, -0.2) is 8.42 Å². The van der Waals surface area contributed by atoms with Crippen molar-refractivity contribution in [2.75, 3.05) is 6.26 Å². The first-order valence-electron chi connectivity index (χ1n) is 8.52. The summed E-state index contributed by atoms with van der Waals surface area (Å²) in [6, 6.07) is 21.0. The number of hydrogen-bond donors (Lipinski definition) is 1. The number of rotatable bonds is 3. The minimum atomic E-state index is -3.23. The molecule has 0 spiro atoms. The molecule has 27 heavy (non-hydrogen) atoms. The Morgan fingerprint density at radius 3 is 2.11 bits per heavy atom. The first-order valence-corrected chi connectivity index (χ1v) is 10.8. The summed E-state index contributed by atoms with van der Waals surface area (Å²) in [6.45, 7) is 2.06. The van der Waals surface area contributed by atoms with Gasteiger partial charge >= 0.3 is 0 Å². The molecule has 1 N–H and O–H groups in total. The van der Waals surface area contributed by atoms with Crippen molar-refractivity contribution < 1.29 is 8.42 Å². The topological polar surface area (TPSA) is 49.9 Å². The number of aromatic amines is 1. The molecule has 0 saturated carbocycles. The summed E-state index contributed by atoms with van der Waals surface area (Å²) < 4.78 is 23.6. The van der Waals surface area contributed by atoms with Gasteiger partial charge < -0.3 is 4.98 Å². The number of H-pyrrole nitrogens is 1. The third kappa shape index (κ3) is 3.38. The van der Waals surface area contributed by atoms with Gasteiger partial charge in [0.2, 0.25) is 0 Å². The van der Waals surface area contributed by atoms with Crippen LogP contribution in [0, 0.1) is 6.92 Å². The standard InChI is InChI=1S/C22H18ClNO2S/c1-14-3-5-16(6-4-14)22-21(19-13-17(23)9-12-20(19)24-22)15-7-10-18(11-8-15)27(2,25)26/h3-13,24H,1-2H3. The first kappa shape index (κ1) is 17.8. The number of aromatic nitrogens is 1. The van der Waals surface area contributed by atoms with E-state index in [1.165, 1.54) is 11.8 Å². The summed E-state index contributed by atoms with van der Waals surface area (Å²) in [5.74, 6) is 0. The minimum Gasteiger partial charge on any atom is -0.354 e. The predicted octanol–water partition coefficient (Wildman–Crippen LogP) is 5.87. The van der Waals surface area contributed by atoms with E-state index in [2.05, 4.69) is 36.2 Å². The quantitative estimate of drug-likeness (QED) is 0.471. The second kappa shape index (κ2) is 6.55. The molecule has 0 fully saturated rings. The number of sulfone groups is 1. The Labute approximate surface area is 163 Å². The van der Waals surface area contributed by atoms with Gasteiger partial charge in [0.1, 0.15) is 0 Å². The maximum atomic E-state index is 11.8. The van der Waals surface area contributed by atoms with Gasteiger partial charge in [-0.05, 0) is 48.4 Å². The van der Waals surface area contributed by atoms with E-state index >= 15 is 0 Å². The molecule has 0 bridgehead atoms. The molecular formula is C22H18ClNO2S. The molecule has 1 heterocycles. The van der Waals surface area contributed by atoms with Crippen molar-refractivity contribution in [2.45, 2.75) is 11.8 Å². The molecule has 5 heteroatoms. The second-order valence-electron chi connectivity index (χ2n) is 6.73. The highest BCUT2D eigenvalue weighted by Gasteiger charge is 2.16. The molecule has 0 saturated heterocycles. The normalized spacial score (nSPS) is 11.8. The number of fused-ring (bicyclic) bond motifs is 1. The van der Waals surface area contributed by atoms with Crippen LogP contribution in [0.25, 0.3) is 33.3 Å². The van der Waals surface area contributed by atoms with E-state index in [9.17, 15) is 8.42 Å². The van der Waals surface area contributed by atoms with Crippen molar-refractivity contribution in [2.24, 2.45) is 0 Å². The fourth-order valence-electron chi connectivity index (χ4n) is 3.27. The van der Waals surface area contributed by atoms with Crippen LogP contribution in [-0.4, -0.2) is 19.7 Å². The van der Waals surface area contributed by atoms with E-state index in [0.717, 1.165) is 33.3 Å². The lowest BCUT2D eigenvalue weighted by Gasteiger charge is -2.07. The van der Waals surface area contributed by atoms with Crippen molar-refractivity contribution in [3.63, 3.8) is 0 Å². The SMILES string of the molecule is Cc1ccc(-c2[nH]c3ccc(Cl)cc3c2-c2ccc(S(C)(=O)=O)cc2)cc1.